The monoisotopic (exact) mass is 1390 g/mol. The zero-order chi connectivity index (χ0) is 68.7. The molecule has 2 heterocycles. The fraction of sp³-hybridized carbons (Fsp3) is 0.476. The van der Waals surface area contributed by atoms with Crippen LogP contribution in [0.1, 0.15) is 250 Å². The Morgan fingerprint density at radius 3 is 0.990 bits per heavy atom. The fourth-order valence-electron chi connectivity index (χ4n) is 13.7. The number of carbonyl (C=O) groups is 2. The number of thioether (sulfide) groups is 4. The van der Waals surface area contributed by atoms with Gasteiger partial charge in [-0.3, -0.25) is 9.59 Å². The molecule has 4 aliphatic carbocycles. The summed E-state index contributed by atoms with van der Waals surface area (Å²) in [6.07, 6.45) is 23.2. The van der Waals surface area contributed by atoms with E-state index in [1.54, 1.807) is 34.8 Å². The maximum atomic E-state index is 14.6. The van der Waals surface area contributed by atoms with Crippen molar-refractivity contribution in [2.45, 2.75) is 186 Å². The van der Waals surface area contributed by atoms with Gasteiger partial charge in [0.2, 0.25) is 0 Å². The van der Waals surface area contributed by atoms with Crippen molar-refractivity contribution >= 4 is 116 Å². The molecule has 9 rings (SSSR count). The van der Waals surface area contributed by atoms with Crippen molar-refractivity contribution in [2.75, 3.05) is 23.0 Å². The molecule has 3 aromatic carbocycles. The maximum absolute atomic E-state index is 14.6. The Kier molecular flexibility index (Phi) is 27.4. The quantitative estimate of drug-likeness (QED) is 0.0224. The third kappa shape index (κ3) is 18.2. The molecule has 6 nitrogen and oxygen atoms in total. The van der Waals surface area contributed by atoms with E-state index in [2.05, 4.69) is 129 Å². The van der Waals surface area contributed by atoms with Crippen LogP contribution in [0.4, 0.5) is 0 Å². The summed E-state index contributed by atoms with van der Waals surface area (Å²) >= 11 is 11.5. The summed E-state index contributed by atoms with van der Waals surface area (Å²) in [6, 6.07) is 28.6. The summed E-state index contributed by atoms with van der Waals surface area (Å²) in [5.74, 6) is 8.78. The Hall–Kier alpha value is -5.80. The number of benzene rings is 3. The molecule has 4 unspecified atom stereocenters. The lowest BCUT2D eigenvalue weighted by Crippen LogP contribution is -2.00. The Morgan fingerprint density at radius 2 is 0.708 bits per heavy atom. The van der Waals surface area contributed by atoms with Gasteiger partial charge in [-0.1, -0.05) is 209 Å². The number of thiophene rings is 2. The number of nitrogens with zero attached hydrogens (tertiary/aromatic N) is 4. The average molecular weight is 1390 g/mol. The van der Waals surface area contributed by atoms with Crippen molar-refractivity contribution in [1.29, 1.82) is 10.5 Å². The molecule has 12 heteroatoms. The molecule has 0 bridgehead atoms. The molecule has 0 saturated heterocycles. The minimum absolute atomic E-state index is 0.0805. The summed E-state index contributed by atoms with van der Waals surface area (Å²) in [4.78, 5) is 40.7. The molecular formula is C84H98N4O2S6. The summed E-state index contributed by atoms with van der Waals surface area (Å²) in [6.45, 7) is 44.5. The van der Waals surface area contributed by atoms with Gasteiger partial charge in [-0.2, -0.15) is 0 Å². The van der Waals surface area contributed by atoms with Gasteiger partial charge in [0.15, 0.2) is 11.6 Å². The lowest BCUT2D eigenvalue weighted by atomic mass is 9.98. The van der Waals surface area contributed by atoms with Crippen molar-refractivity contribution in [1.82, 2.24) is 0 Å². The van der Waals surface area contributed by atoms with Gasteiger partial charge in [0, 0.05) is 94.8 Å². The number of fused-ring (bicyclic) bond motifs is 8. The highest BCUT2D eigenvalue weighted by atomic mass is 32.2. The van der Waals surface area contributed by atoms with Crippen LogP contribution in [-0.2, 0) is 0 Å². The van der Waals surface area contributed by atoms with E-state index in [-0.39, 0.29) is 23.0 Å². The lowest BCUT2D eigenvalue weighted by molar-refractivity contribution is 0.103. The highest BCUT2D eigenvalue weighted by molar-refractivity contribution is 8.23. The summed E-state index contributed by atoms with van der Waals surface area (Å²) < 4.78 is 2.66. The highest BCUT2D eigenvalue weighted by Crippen LogP contribution is 2.61. The van der Waals surface area contributed by atoms with E-state index >= 15 is 0 Å². The van der Waals surface area contributed by atoms with Gasteiger partial charge in [-0.25, -0.2) is 20.2 Å². The first-order chi connectivity index (χ1) is 46.2. The Labute approximate surface area is 601 Å². The van der Waals surface area contributed by atoms with Crippen molar-refractivity contribution < 1.29 is 9.59 Å². The first-order valence-electron chi connectivity index (χ1n) is 35.5. The van der Waals surface area contributed by atoms with Crippen molar-refractivity contribution in [2.24, 2.45) is 47.3 Å². The number of hydrogen-bond acceptors (Lipinski definition) is 10. The molecular weight excluding hydrogens is 1290 g/mol. The van der Waals surface area contributed by atoms with Gasteiger partial charge in [0.25, 0.3) is 11.4 Å². The minimum atomic E-state index is -0.171. The second-order valence-corrected chi connectivity index (χ2v) is 36.2. The summed E-state index contributed by atoms with van der Waals surface area (Å²) in [5.41, 5.74) is 13.3. The molecule has 0 spiro atoms. The van der Waals surface area contributed by atoms with Gasteiger partial charge in [0.1, 0.15) is 0 Å². The average Bonchev–Trinajstić information content (AvgIpc) is 1.55. The second-order valence-electron chi connectivity index (χ2n) is 29.1. The third-order valence-electron chi connectivity index (χ3n) is 19.3. The maximum Gasteiger partial charge on any atom is 0.270 e. The van der Waals surface area contributed by atoms with Crippen molar-refractivity contribution in [3.05, 3.63) is 181 Å². The zero-order valence-electron chi connectivity index (χ0n) is 58.9. The number of allylic oxidation sites excluding steroid dienone is 6. The molecule has 5 aromatic rings. The zero-order valence-corrected chi connectivity index (χ0v) is 63.8. The molecule has 0 amide bonds. The molecule has 0 radical (unpaired) electrons. The number of Topliss-reactive ketones (excluding diaryl/α,β-unsaturated/α-hetero) is 2. The smallest absolute Gasteiger partial charge is 0.270 e. The first kappa shape index (κ1) is 74.4. The number of rotatable bonds is 34. The molecule has 0 saturated carbocycles. The molecule has 0 aliphatic heterocycles. The highest BCUT2D eigenvalue weighted by Gasteiger charge is 2.39. The van der Waals surface area contributed by atoms with Gasteiger partial charge >= 0.3 is 0 Å². The van der Waals surface area contributed by atoms with E-state index in [4.69, 9.17) is 13.1 Å². The SMILES string of the molecule is [C-]#[N+]/C(C#N)=C1\C(=C\c2cc3c(s2)-c2cc4c(cc2C3=C(SCCC(C)CCCC(C)C)SCCC(C)CCCC(C)C)-c2sc(/C=C3\C(=O)c5ccccc5\C3=C(\C#N)[N+]#[C-])cc2C4=C(SCCC(C)CCCC(C)C)SCCC(C)CCCC(C)C)C(=O)c2ccccc21. The predicted octanol–water partition coefficient (Wildman–Crippen LogP) is 26.4. The number of carbonyl (C=O) groups excluding carboxylic acids is 2. The van der Waals surface area contributed by atoms with E-state index in [0.29, 0.717) is 91.9 Å². The molecule has 2 aromatic heterocycles. The van der Waals surface area contributed by atoms with Crippen LogP contribution < -0.4 is 0 Å². The largest absolute Gasteiger partial charge is 0.289 e. The Bertz CT molecular complexity index is 3700. The van der Waals surface area contributed by atoms with Gasteiger partial charge in [-0.05, 0) is 155 Å². The van der Waals surface area contributed by atoms with Gasteiger partial charge < -0.3 is 0 Å². The molecule has 0 fully saturated rings. The number of hydrogen-bond donors (Lipinski definition) is 0. The minimum Gasteiger partial charge on any atom is -0.289 e. The molecule has 4 atom stereocenters. The van der Waals surface area contributed by atoms with E-state index in [9.17, 15) is 20.1 Å². The van der Waals surface area contributed by atoms with Crippen LogP contribution in [0.2, 0.25) is 0 Å². The standard InChI is InChI=1S/C84H98N4O2S6/c1-51(2)23-19-27-55(9)35-39-91-83(92-40-36-56(10)28-20-24-52(3)4)77-65-47-68-66(48-67(65)81-71(77)45-59(95-81)43-69-75(73(49-85)87-13)61-31-15-17-33-63(61)79(69)89)78(84(93-41-37-57(11)29-21-25-53(5)6)94-42-38-58(12)30-22-26-54(7)8)72-46-60(96-82(68)72)44-70-76(74(50-86)88-14)62-32-16-18-34-64(62)80(70)90/h15-18,31-34,43-48,51-58H,19-30,35-42H2,1-12H3/b69-43-,70-44-,75-73-,76-74+,83-77?,84-78?. The van der Waals surface area contributed by atoms with Crippen molar-refractivity contribution in [3.63, 3.8) is 0 Å². The Balaban J connectivity index is 1.26. The van der Waals surface area contributed by atoms with E-state index in [1.807, 2.05) is 95.6 Å². The third-order valence-corrected chi connectivity index (χ3v) is 26.6. The fourth-order valence-corrected chi connectivity index (χ4v) is 21.9. The van der Waals surface area contributed by atoms with E-state index in [0.717, 1.165) is 79.3 Å². The van der Waals surface area contributed by atoms with Crippen LogP contribution in [-0.4, -0.2) is 34.6 Å². The predicted molar refractivity (Wildman–Crippen MR) is 421 cm³/mol. The van der Waals surface area contributed by atoms with Gasteiger partial charge in [-0.15, -0.1) is 69.7 Å². The molecule has 502 valence electrons. The Morgan fingerprint density at radius 1 is 0.406 bits per heavy atom. The van der Waals surface area contributed by atoms with Crippen LogP contribution in [0.5, 0.6) is 0 Å². The molecule has 96 heavy (non-hydrogen) atoms. The second kappa shape index (κ2) is 35.3. The lowest BCUT2D eigenvalue weighted by Gasteiger charge is -2.18. The summed E-state index contributed by atoms with van der Waals surface area (Å²) in [5, 5.41) is 20.8. The van der Waals surface area contributed by atoms with Crippen LogP contribution in [0, 0.1) is 83.1 Å². The van der Waals surface area contributed by atoms with Crippen LogP contribution in [0.15, 0.2) is 104 Å². The van der Waals surface area contributed by atoms with Crippen molar-refractivity contribution in [3.8, 4) is 33.0 Å². The van der Waals surface area contributed by atoms with E-state index in [1.165, 1.54) is 119 Å². The van der Waals surface area contributed by atoms with E-state index < -0.39 is 0 Å². The first-order valence-corrected chi connectivity index (χ1v) is 41.1. The number of ketones is 2. The van der Waals surface area contributed by atoms with Gasteiger partial charge in [0.05, 0.1) is 25.3 Å². The topological polar surface area (TPSA) is 90.4 Å². The molecule has 4 aliphatic rings. The normalized spacial score (nSPS) is 16.8. The van der Waals surface area contributed by atoms with Crippen LogP contribution in [0.25, 0.3) is 65.0 Å². The number of nitriles is 2. The van der Waals surface area contributed by atoms with Crippen LogP contribution in [0.3, 0.4) is 0 Å². The molecule has 0 N–H and O–H groups in total. The van der Waals surface area contributed by atoms with Crippen LogP contribution >= 0.6 is 69.7 Å². The summed E-state index contributed by atoms with van der Waals surface area (Å²) in [7, 11) is 0.